The minimum Gasteiger partial charge on any atom is -0.467 e. The first-order valence-electron chi connectivity index (χ1n) is 22.9. The normalized spacial score (nSPS) is 16.8. The van der Waals surface area contributed by atoms with Crippen LogP contribution in [0.1, 0.15) is 83.7 Å². The van der Waals surface area contributed by atoms with E-state index >= 15 is 0 Å². The van der Waals surface area contributed by atoms with Gasteiger partial charge in [0, 0.05) is 81.4 Å². The minimum absolute atomic E-state index is 0.212. The summed E-state index contributed by atoms with van der Waals surface area (Å²) >= 11 is 0. The van der Waals surface area contributed by atoms with Gasteiger partial charge in [-0.2, -0.15) is 0 Å². The Balaban J connectivity index is 1.35. The van der Waals surface area contributed by atoms with E-state index < -0.39 is 29.3 Å². The number of pyridine rings is 1. The Hall–Kier alpha value is -5.86. The third kappa shape index (κ3) is 11.0. The van der Waals surface area contributed by atoms with Crippen molar-refractivity contribution in [2.75, 3.05) is 46.9 Å². The lowest BCUT2D eigenvalue weighted by atomic mass is 9.84. The molecule has 4 aromatic rings. The lowest BCUT2D eigenvalue weighted by Gasteiger charge is -2.35. The van der Waals surface area contributed by atoms with Crippen LogP contribution in [-0.4, -0.2) is 113 Å². The van der Waals surface area contributed by atoms with Gasteiger partial charge < -0.3 is 29.2 Å². The molecule has 2 aliphatic rings. The van der Waals surface area contributed by atoms with Crippen LogP contribution in [0.3, 0.4) is 0 Å². The van der Waals surface area contributed by atoms with Crippen molar-refractivity contribution in [2.45, 2.75) is 98.4 Å². The van der Waals surface area contributed by atoms with Gasteiger partial charge >= 0.3 is 0 Å². The molecule has 2 saturated heterocycles. The van der Waals surface area contributed by atoms with Crippen LogP contribution < -0.4 is 10.7 Å². The van der Waals surface area contributed by atoms with Crippen molar-refractivity contribution in [2.24, 2.45) is 17.3 Å². The number of methoxy groups -OCH3 is 1. The highest BCUT2D eigenvalue weighted by atomic mass is 16.5. The van der Waals surface area contributed by atoms with E-state index in [4.69, 9.17) is 14.5 Å². The zero-order chi connectivity index (χ0) is 47.0. The van der Waals surface area contributed by atoms with E-state index in [-0.39, 0.29) is 49.3 Å². The number of nitrogens with zero attached hydrogens (tertiary/aromatic N) is 5. The van der Waals surface area contributed by atoms with Crippen LogP contribution in [0.2, 0.25) is 0 Å². The highest BCUT2D eigenvalue weighted by Crippen LogP contribution is 2.42. The van der Waals surface area contributed by atoms with Gasteiger partial charge in [0.05, 0.1) is 30.0 Å². The zero-order valence-electron chi connectivity index (χ0n) is 39.4. The molecule has 4 amide bonds. The van der Waals surface area contributed by atoms with Crippen molar-refractivity contribution >= 4 is 41.0 Å². The van der Waals surface area contributed by atoms with Crippen molar-refractivity contribution in [1.82, 2.24) is 35.1 Å². The first kappa shape index (κ1) is 48.6. The van der Waals surface area contributed by atoms with Crippen LogP contribution in [0.5, 0.6) is 0 Å². The number of carbonyl (C=O) groups is 5. The summed E-state index contributed by atoms with van der Waals surface area (Å²) in [5, 5.41) is 5.76. The molecule has 14 heteroatoms. The number of fused-ring (bicyclic) bond motifs is 1. The molecule has 4 heterocycles. The fourth-order valence-electron chi connectivity index (χ4n) is 9.54. The molecule has 348 valence electrons. The molecular formula is C51H67N7O7. The Morgan fingerprint density at radius 1 is 1.05 bits per heavy atom. The molecule has 4 unspecified atom stereocenters. The summed E-state index contributed by atoms with van der Waals surface area (Å²) in [5.41, 5.74) is 10.6. The molecule has 14 nitrogen and oxygen atoms in total. The summed E-state index contributed by atoms with van der Waals surface area (Å²) in [4.78, 5) is 74.0. The van der Waals surface area contributed by atoms with E-state index in [2.05, 4.69) is 73.0 Å². The SMILES string of the molecule is C=CC(=O)N1CCC(C(=O)N(C)C(C(=O)NC(Cc2cccc(-c3ccc4c(c3)c(CC(C)(C)COC=O)c(-c3cccnc3C(C)OC)n4CC)c2)C(=O)N2CCCCN2)C(C)C)C1. The standard InChI is InChI=1S/C51H67N7O7/c1-10-44(60)56-25-21-38(30-56)49(62)55(8)46(33(3)4)48(61)54-42(50(63)58-24-13-12-23-53-58)27-35-16-14-17-36(26-35)37-19-20-43-40(28-37)41(29-51(6,7)31-65-32-59)47(57(43)11-2)39-18-15-22-52-45(39)34(5)64-9/h10,14-20,22,26,28,32-34,38,42,46,53H,1,11-13,21,23-25,27,29-31H2,2-9H3,(H,54,61). The number of aromatic nitrogens is 2. The maximum Gasteiger partial charge on any atom is 0.293 e. The molecule has 0 saturated carbocycles. The Bertz CT molecular complexity index is 2370. The van der Waals surface area contributed by atoms with E-state index in [1.165, 1.54) is 11.0 Å². The molecular weight excluding hydrogens is 823 g/mol. The minimum atomic E-state index is -0.922. The average Bonchev–Trinajstić information content (AvgIpc) is 3.93. The molecule has 2 aliphatic heterocycles. The van der Waals surface area contributed by atoms with Gasteiger partial charge in [0.15, 0.2) is 0 Å². The molecule has 65 heavy (non-hydrogen) atoms. The largest absolute Gasteiger partial charge is 0.467 e. The van der Waals surface area contributed by atoms with Gasteiger partial charge in [-0.05, 0) is 98.0 Å². The van der Waals surface area contributed by atoms with Crippen LogP contribution in [0.25, 0.3) is 33.3 Å². The second kappa shape index (κ2) is 21.4. The molecule has 0 aliphatic carbocycles. The molecule has 0 spiro atoms. The summed E-state index contributed by atoms with van der Waals surface area (Å²) in [6.45, 7) is 19.0. The average molecular weight is 890 g/mol. The summed E-state index contributed by atoms with van der Waals surface area (Å²) in [5.74, 6) is -1.78. The predicted octanol–water partition coefficient (Wildman–Crippen LogP) is 6.51. The molecule has 0 radical (unpaired) electrons. The molecule has 2 fully saturated rings. The molecule has 0 bridgehead atoms. The highest BCUT2D eigenvalue weighted by molar-refractivity contribution is 5.96. The van der Waals surface area contributed by atoms with E-state index in [9.17, 15) is 24.0 Å². The number of benzene rings is 2. The van der Waals surface area contributed by atoms with Crippen molar-refractivity contribution in [3.63, 3.8) is 0 Å². The van der Waals surface area contributed by atoms with Crippen LogP contribution in [0.4, 0.5) is 0 Å². The quantitative estimate of drug-likeness (QED) is 0.0792. The van der Waals surface area contributed by atoms with Crippen molar-refractivity contribution < 1.29 is 33.4 Å². The molecule has 2 N–H and O–H groups in total. The number of nitrogens with one attached hydrogen (secondary N) is 2. The molecule has 6 rings (SSSR count). The Labute approximate surface area is 383 Å². The van der Waals surface area contributed by atoms with E-state index in [1.807, 2.05) is 45.0 Å². The molecule has 2 aromatic heterocycles. The fourth-order valence-corrected chi connectivity index (χ4v) is 9.54. The van der Waals surface area contributed by atoms with E-state index in [0.717, 1.165) is 62.9 Å². The van der Waals surface area contributed by atoms with Gasteiger partial charge in [0.2, 0.25) is 17.7 Å². The zero-order valence-corrected chi connectivity index (χ0v) is 39.4. The molecule has 4 atom stereocenters. The molecule has 2 aromatic carbocycles. The van der Waals surface area contributed by atoms with Crippen molar-refractivity contribution in [3.8, 4) is 22.4 Å². The lowest BCUT2D eigenvalue weighted by Crippen LogP contribution is -2.59. The monoisotopic (exact) mass is 890 g/mol. The third-order valence-electron chi connectivity index (χ3n) is 12.9. The van der Waals surface area contributed by atoms with Crippen LogP contribution in [0.15, 0.2) is 73.4 Å². The first-order chi connectivity index (χ1) is 31.1. The number of rotatable bonds is 19. The van der Waals surface area contributed by atoms with Gasteiger partial charge in [-0.1, -0.05) is 64.6 Å². The van der Waals surface area contributed by atoms with Crippen molar-refractivity contribution in [1.29, 1.82) is 0 Å². The number of likely N-dealkylation sites (tertiary alicyclic amines) is 1. The summed E-state index contributed by atoms with van der Waals surface area (Å²) in [6.07, 6.45) is 5.90. The van der Waals surface area contributed by atoms with Crippen LogP contribution >= 0.6 is 0 Å². The van der Waals surface area contributed by atoms with Gasteiger partial charge in [-0.15, -0.1) is 0 Å². The number of hydrogen-bond acceptors (Lipinski definition) is 9. The van der Waals surface area contributed by atoms with E-state index in [0.29, 0.717) is 45.5 Å². The van der Waals surface area contributed by atoms with Gasteiger partial charge in [-0.25, -0.2) is 5.43 Å². The number of hydrogen-bond donors (Lipinski definition) is 2. The Morgan fingerprint density at radius 2 is 1.82 bits per heavy atom. The second-order valence-corrected chi connectivity index (χ2v) is 18.5. The fraction of sp³-hybridized carbons (Fsp3) is 0.490. The number of hydrazine groups is 1. The summed E-state index contributed by atoms with van der Waals surface area (Å²) < 4.78 is 13.4. The van der Waals surface area contributed by atoms with Gasteiger partial charge in [-0.3, -0.25) is 34.0 Å². The number of likely N-dealkylation sites (N-methyl/N-ethyl adjacent to an activating group) is 1. The van der Waals surface area contributed by atoms with Gasteiger partial charge in [0.25, 0.3) is 12.4 Å². The Morgan fingerprint density at radius 3 is 2.49 bits per heavy atom. The highest BCUT2D eigenvalue weighted by Gasteiger charge is 2.39. The number of amides is 4. The lowest BCUT2D eigenvalue weighted by molar-refractivity contribution is -0.145. The summed E-state index contributed by atoms with van der Waals surface area (Å²) in [7, 11) is 3.31. The maximum atomic E-state index is 14.4. The smallest absolute Gasteiger partial charge is 0.293 e. The van der Waals surface area contributed by atoms with E-state index in [1.54, 1.807) is 30.3 Å². The van der Waals surface area contributed by atoms with Crippen LogP contribution in [-0.2, 0) is 52.8 Å². The first-order valence-corrected chi connectivity index (χ1v) is 22.9. The third-order valence-corrected chi connectivity index (χ3v) is 12.9. The number of ether oxygens (including phenoxy) is 2. The second-order valence-electron chi connectivity index (χ2n) is 18.5. The predicted molar refractivity (Wildman–Crippen MR) is 252 cm³/mol. The van der Waals surface area contributed by atoms with Gasteiger partial charge in [0.1, 0.15) is 12.1 Å². The van der Waals surface area contributed by atoms with Crippen LogP contribution in [0, 0.1) is 17.3 Å². The Kier molecular flexibility index (Phi) is 16.0. The number of carbonyl (C=O) groups excluding carboxylic acids is 5. The summed E-state index contributed by atoms with van der Waals surface area (Å²) in [6, 6.07) is 16.8. The van der Waals surface area contributed by atoms with Crippen molar-refractivity contribution in [3.05, 3.63) is 90.3 Å². The number of aryl methyl sites for hydroxylation is 1. The topological polar surface area (TPSA) is 155 Å². The maximum absolute atomic E-state index is 14.4.